The summed E-state index contributed by atoms with van der Waals surface area (Å²) < 4.78 is 1.07. The van der Waals surface area contributed by atoms with E-state index in [1.165, 1.54) is 0 Å². The Balaban J connectivity index is 1.76. The van der Waals surface area contributed by atoms with Crippen LogP contribution in [0.15, 0.2) is 52.6 Å². The van der Waals surface area contributed by atoms with Crippen LogP contribution in [0.3, 0.4) is 0 Å². The van der Waals surface area contributed by atoms with Gasteiger partial charge in [0.25, 0.3) is 0 Å². The summed E-state index contributed by atoms with van der Waals surface area (Å²) >= 11 is 5.08. The van der Waals surface area contributed by atoms with Crippen LogP contribution in [-0.4, -0.2) is 15.0 Å². The summed E-state index contributed by atoms with van der Waals surface area (Å²) in [6, 6.07) is 10.0. The highest BCUT2D eigenvalue weighted by molar-refractivity contribution is 9.10. The Bertz CT molecular complexity index is 712. The Hall–Kier alpha value is -1.79. The number of benzene rings is 1. The van der Waals surface area contributed by atoms with Crippen molar-refractivity contribution >= 4 is 33.2 Å². The highest BCUT2D eigenvalue weighted by atomic mass is 79.9. The van der Waals surface area contributed by atoms with Crippen molar-refractivity contribution in [2.45, 2.75) is 13.0 Å². The van der Waals surface area contributed by atoms with Gasteiger partial charge in [0.1, 0.15) is 5.01 Å². The molecule has 0 aliphatic carbocycles. The Morgan fingerprint density at radius 2 is 1.86 bits per heavy atom. The van der Waals surface area contributed by atoms with Gasteiger partial charge < -0.3 is 5.32 Å². The molecule has 1 atom stereocenters. The quantitative estimate of drug-likeness (QED) is 0.742. The van der Waals surface area contributed by atoms with Gasteiger partial charge in [-0.1, -0.05) is 28.1 Å². The van der Waals surface area contributed by atoms with Crippen LogP contribution in [0.5, 0.6) is 0 Å². The lowest BCUT2D eigenvalue weighted by Gasteiger charge is -2.10. The molecule has 1 N–H and O–H groups in total. The van der Waals surface area contributed by atoms with E-state index >= 15 is 0 Å². The highest BCUT2D eigenvalue weighted by Crippen LogP contribution is 2.27. The number of anilines is 1. The molecule has 6 heteroatoms. The lowest BCUT2D eigenvalue weighted by atomic mass is 10.2. The van der Waals surface area contributed by atoms with Crippen molar-refractivity contribution in [2.24, 2.45) is 0 Å². The van der Waals surface area contributed by atoms with Crippen LogP contribution < -0.4 is 5.32 Å². The van der Waals surface area contributed by atoms with E-state index in [-0.39, 0.29) is 6.04 Å². The summed E-state index contributed by atoms with van der Waals surface area (Å²) in [5.41, 5.74) is 2.11. The van der Waals surface area contributed by atoms with Crippen LogP contribution in [0.1, 0.15) is 18.0 Å². The van der Waals surface area contributed by atoms with Gasteiger partial charge in [0.2, 0.25) is 5.95 Å². The smallest absolute Gasteiger partial charge is 0.223 e. The molecule has 0 bridgehead atoms. The molecular formula is C15H13BrN4S. The maximum absolute atomic E-state index is 4.69. The normalized spacial score (nSPS) is 12.1. The first-order valence-corrected chi connectivity index (χ1v) is 8.14. The predicted molar refractivity (Wildman–Crippen MR) is 89.3 cm³/mol. The van der Waals surface area contributed by atoms with E-state index in [0.717, 1.165) is 20.7 Å². The fourth-order valence-electron chi connectivity index (χ4n) is 1.87. The molecule has 0 fully saturated rings. The topological polar surface area (TPSA) is 50.7 Å². The van der Waals surface area contributed by atoms with Crippen molar-refractivity contribution < 1.29 is 0 Å². The van der Waals surface area contributed by atoms with Crippen LogP contribution >= 0.6 is 27.3 Å². The summed E-state index contributed by atoms with van der Waals surface area (Å²) in [6.07, 6.45) is 3.44. The zero-order valence-corrected chi connectivity index (χ0v) is 13.7. The third-order valence-corrected chi connectivity index (χ3v) is 4.50. The average Bonchev–Trinajstić information content (AvgIpc) is 2.99. The molecule has 0 spiro atoms. The number of halogens is 1. The lowest BCUT2D eigenvalue weighted by Crippen LogP contribution is -2.08. The second-order valence-corrected chi connectivity index (χ2v) is 6.32. The van der Waals surface area contributed by atoms with Gasteiger partial charge >= 0.3 is 0 Å². The summed E-state index contributed by atoms with van der Waals surface area (Å²) in [7, 11) is 0. The second kappa shape index (κ2) is 6.32. The molecule has 0 radical (unpaired) electrons. The number of nitrogens with one attached hydrogen (secondary N) is 1. The molecule has 4 nitrogen and oxygen atoms in total. The molecule has 106 valence electrons. The minimum atomic E-state index is 0.0709. The largest absolute Gasteiger partial charge is 0.345 e. The van der Waals surface area contributed by atoms with Crippen LogP contribution in [0.4, 0.5) is 5.95 Å². The summed E-state index contributed by atoms with van der Waals surface area (Å²) in [6.45, 7) is 2.06. The predicted octanol–water partition coefficient (Wildman–Crippen LogP) is 4.54. The number of thiazole rings is 1. The van der Waals surface area contributed by atoms with Gasteiger partial charge in [0, 0.05) is 27.8 Å². The Morgan fingerprint density at radius 3 is 2.57 bits per heavy atom. The van der Waals surface area contributed by atoms with Crippen LogP contribution in [0, 0.1) is 0 Å². The van der Waals surface area contributed by atoms with Gasteiger partial charge in [-0.25, -0.2) is 15.0 Å². The molecule has 2 aromatic heterocycles. The Kier molecular flexibility index (Phi) is 4.26. The maximum Gasteiger partial charge on any atom is 0.223 e. The first-order valence-electron chi connectivity index (χ1n) is 6.47. The molecule has 0 aliphatic rings. The maximum atomic E-state index is 4.69. The van der Waals surface area contributed by atoms with E-state index in [1.807, 2.05) is 12.1 Å². The summed E-state index contributed by atoms with van der Waals surface area (Å²) in [5.74, 6) is 0.616. The van der Waals surface area contributed by atoms with Crippen molar-refractivity contribution in [2.75, 3.05) is 5.32 Å². The fourth-order valence-corrected chi connectivity index (χ4v) is 2.97. The van der Waals surface area contributed by atoms with E-state index in [2.05, 4.69) is 55.7 Å². The van der Waals surface area contributed by atoms with Gasteiger partial charge in [0.15, 0.2) is 0 Å². The molecule has 0 amide bonds. The standard InChI is InChI=1S/C15H13BrN4S/c1-10(19-15-17-7-2-8-18-15)14-20-13(9-21-14)11-3-5-12(16)6-4-11/h2-10H,1H3,(H,17,18,19)/t10-/m0/s1. The van der Waals surface area contributed by atoms with Crippen molar-refractivity contribution in [3.05, 3.63) is 57.6 Å². The zero-order valence-electron chi connectivity index (χ0n) is 11.3. The molecule has 0 saturated heterocycles. The zero-order chi connectivity index (χ0) is 14.7. The summed E-state index contributed by atoms with van der Waals surface area (Å²) in [4.78, 5) is 13.0. The van der Waals surface area contributed by atoms with E-state index in [0.29, 0.717) is 5.95 Å². The fraction of sp³-hybridized carbons (Fsp3) is 0.133. The molecule has 0 aliphatic heterocycles. The number of nitrogens with zero attached hydrogens (tertiary/aromatic N) is 3. The molecule has 3 rings (SSSR count). The van der Waals surface area contributed by atoms with E-state index in [4.69, 9.17) is 4.98 Å². The lowest BCUT2D eigenvalue weighted by molar-refractivity contribution is 0.849. The molecule has 0 saturated carbocycles. The monoisotopic (exact) mass is 360 g/mol. The SMILES string of the molecule is C[C@H](Nc1ncccn1)c1nc(-c2ccc(Br)cc2)cs1. The Labute approximate surface area is 135 Å². The van der Waals surface area contributed by atoms with Crippen molar-refractivity contribution in [3.63, 3.8) is 0 Å². The average molecular weight is 361 g/mol. The first-order chi connectivity index (χ1) is 10.2. The highest BCUT2D eigenvalue weighted by Gasteiger charge is 2.12. The van der Waals surface area contributed by atoms with Gasteiger partial charge in [0.05, 0.1) is 11.7 Å². The third kappa shape index (κ3) is 3.46. The van der Waals surface area contributed by atoms with E-state index in [9.17, 15) is 0 Å². The number of rotatable bonds is 4. The van der Waals surface area contributed by atoms with Crippen LogP contribution in [0.25, 0.3) is 11.3 Å². The minimum absolute atomic E-state index is 0.0709. The third-order valence-electron chi connectivity index (χ3n) is 2.94. The van der Waals surface area contributed by atoms with E-state index in [1.54, 1.807) is 29.8 Å². The van der Waals surface area contributed by atoms with Crippen LogP contribution in [0.2, 0.25) is 0 Å². The minimum Gasteiger partial charge on any atom is -0.345 e. The molecule has 2 heterocycles. The van der Waals surface area contributed by atoms with Gasteiger partial charge in [-0.15, -0.1) is 11.3 Å². The van der Waals surface area contributed by atoms with E-state index < -0.39 is 0 Å². The number of hydrogen-bond donors (Lipinski definition) is 1. The molecule has 0 unspecified atom stereocenters. The number of hydrogen-bond acceptors (Lipinski definition) is 5. The van der Waals surface area contributed by atoms with Gasteiger partial charge in [-0.05, 0) is 25.1 Å². The van der Waals surface area contributed by atoms with Crippen molar-refractivity contribution in [1.29, 1.82) is 0 Å². The number of aromatic nitrogens is 3. The molecule has 1 aromatic carbocycles. The Morgan fingerprint density at radius 1 is 1.14 bits per heavy atom. The molecule has 3 aromatic rings. The molecular weight excluding hydrogens is 348 g/mol. The van der Waals surface area contributed by atoms with Crippen LogP contribution in [-0.2, 0) is 0 Å². The van der Waals surface area contributed by atoms with Crippen molar-refractivity contribution in [3.8, 4) is 11.3 Å². The molecule has 21 heavy (non-hydrogen) atoms. The van der Waals surface area contributed by atoms with Gasteiger partial charge in [-0.2, -0.15) is 0 Å². The second-order valence-electron chi connectivity index (χ2n) is 4.52. The summed E-state index contributed by atoms with van der Waals surface area (Å²) in [5, 5.41) is 6.34. The van der Waals surface area contributed by atoms with Crippen molar-refractivity contribution in [1.82, 2.24) is 15.0 Å². The first kappa shape index (κ1) is 14.2. The van der Waals surface area contributed by atoms with Gasteiger partial charge in [-0.3, -0.25) is 0 Å².